The Labute approximate surface area is 76.3 Å². The topological polar surface area (TPSA) is 46.5 Å². The number of hydrogen-bond donors (Lipinski definition) is 1. The van der Waals surface area contributed by atoms with Crippen molar-refractivity contribution in [1.82, 2.24) is 0 Å². The fourth-order valence-corrected chi connectivity index (χ4v) is 0.976. The van der Waals surface area contributed by atoms with E-state index >= 15 is 0 Å². The molecule has 1 rings (SSSR count). The van der Waals surface area contributed by atoms with Gasteiger partial charge >= 0.3 is 0 Å². The maximum Gasteiger partial charge on any atom is 0.153 e. The highest BCUT2D eigenvalue weighted by Crippen LogP contribution is 2.17. The maximum atomic E-state index is 10.5. The zero-order valence-corrected chi connectivity index (χ0v) is 7.23. The first-order chi connectivity index (χ1) is 6.31. The Bertz CT molecular complexity index is 329. The second kappa shape index (κ2) is 4.30. The van der Waals surface area contributed by atoms with E-state index in [9.17, 15) is 4.79 Å². The molecule has 1 aromatic rings. The first-order valence-corrected chi connectivity index (χ1v) is 3.75. The summed E-state index contributed by atoms with van der Waals surface area (Å²) in [6, 6.07) is 6.92. The molecular weight excluding hydrogens is 168 g/mol. The van der Waals surface area contributed by atoms with Gasteiger partial charge in [-0.15, -0.1) is 0 Å². The SMILES string of the molecule is COc1cccc(/C(C=O)=C\O)c1. The molecule has 0 aliphatic rings. The van der Waals surface area contributed by atoms with Crippen LogP contribution in [0.4, 0.5) is 0 Å². The molecule has 0 bridgehead atoms. The number of carbonyl (C=O) groups excluding carboxylic acids is 1. The molecule has 1 aromatic carbocycles. The van der Waals surface area contributed by atoms with Crippen molar-refractivity contribution in [2.45, 2.75) is 0 Å². The van der Waals surface area contributed by atoms with Crippen molar-refractivity contribution in [1.29, 1.82) is 0 Å². The van der Waals surface area contributed by atoms with Crippen LogP contribution in [0.3, 0.4) is 0 Å². The van der Waals surface area contributed by atoms with Crippen molar-refractivity contribution in [3.05, 3.63) is 36.1 Å². The fraction of sp³-hybridized carbons (Fsp3) is 0.100. The van der Waals surface area contributed by atoms with Gasteiger partial charge in [-0.3, -0.25) is 4.79 Å². The van der Waals surface area contributed by atoms with Crippen molar-refractivity contribution in [2.75, 3.05) is 7.11 Å². The normalized spacial score (nSPS) is 11.0. The van der Waals surface area contributed by atoms with E-state index in [1.165, 1.54) is 0 Å². The monoisotopic (exact) mass is 178 g/mol. The Kier molecular flexibility index (Phi) is 3.09. The van der Waals surface area contributed by atoms with Gasteiger partial charge in [-0.1, -0.05) is 12.1 Å². The standard InChI is InChI=1S/C10H10O3/c1-13-10-4-2-3-8(5-10)9(6-11)7-12/h2-7,11H,1H3/b9-6-. The molecule has 0 atom stereocenters. The van der Waals surface area contributed by atoms with E-state index < -0.39 is 0 Å². The molecule has 0 spiro atoms. The Morgan fingerprint density at radius 2 is 2.31 bits per heavy atom. The minimum atomic E-state index is 0.235. The van der Waals surface area contributed by atoms with Crippen LogP contribution in [0.1, 0.15) is 5.56 Å². The van der Waals surface area contributed by atoms with E-state index in [1.54, 1.807) is 31.4 Å². The molecule has 0 unspecified atom stereocenters. The molecule has 68 valence electrons. The van der Waals surface area contributed by atoms with Crippen molar-refractivity contribution >= 4 is 11.9 Å². The second-order valence-corrected chi connectivity index (χ2v) is 2.43. The van der Waals surface area contributed by atoms with Crippen molar-refractivity contribution in [2.24, 2.45) is 0 Å². The van der Waals surface area contributed by atoms with Gasteiger partial charge in [0.05, 0.1) is 18.9 Å². The molecule has 0 aliphatic carbocycles. The zero-order chi connectivity index (χ0) is 9.68. The molecule has 1 N–H and O–H groups in total. The number of methoxy groups -OCH3 is 1. The first-order valence-electron chi connectivity index (χ1n) is 3.75. The summed E-state index contributed by atoms with van der Waals surface area (Å²) in [5.41, 5.74) is 0.871. The highest BCUT2D eigenvalue weighted by molar-refractivity contribution is 6.06. The number of aliphatic hydroxyl groups is 1. The van der Waals surface area contributed by atoms with E-state index in [0.29, 0.717) is 17.6 Å². The molecule has 3 heteroatoms. The number of carbonyl (C=O) groups is 1. The number of aldehydes is 1. The zero-order valence-electron chi connectivity index (χ0n) is 7.23. The van der Waals surface area contributed by atoms with Gasteiger partial charge < -0.3 is 9.84 Å². The maximum absolute atomic E-state index is 10.5. The van der Waals surface area contributed by atoms with Crippen molar-refractivity contribution in [3.63, 3.8) is 0 Å². The molecule has 0 aliphatic heterocycles. The average Bonchev–Trinajstić information content (AvgIpc) is 2.20. The Hall–Kier alpha value is -1.77. The third-order valence-corrected chi connectivity index (χ3v) is 1.67. The largest absolute Gasteiger partial charge is 0.515 e. The number of aliphatic hydroxyl groups excluding tert-OH is 1. The van der Waals surface area contributed by atoms with Gasteiger partial charge in [0, 0.05) is 0 Å². The average molecular weight is 178 g/mol. The molecule has 13 heavy (non-hydrogen) atoms. The van der Waals surface area contributed by atoms with Crippen LogP contribution >= 0.6 is 0 Å². The van der Waals surface area contributed by atoms with E-state index in [1.807, 2.05) is 0 Å². The highest BCUT2D eigenvalue weighted by atomic mass is 16.5. The van der Waals surface area contributed by atoms with Crippen LogP contribution in [0.15, 0.2) is 30.5 Å². The number of rotatable bonds is 3. The van der Waals surface area contributed by atoms with Crippen molar-refractivity contribution in [3.8, 4) is 5.75 Å². The van der Waals surface area contributed by atoms with Crippen molar-refractivity contribution < 1.29 is 14.6 Å². The molecule has 0 fully saturated rings. The van der Waals surface area contributed by atoms with Gasteiger partial charge in [-0.05, 0) is 17.7 Å². The Morgan fingerprint density at radius 3 is 2.85 bits per heavy atom. The van der Waals surface area contributed by atoms with Gasteiger partial charge in [0.15, 0.2) is 6.29 Å². The fourth-order valence-electron chi connectivity index (χ4n) is 0.976. The molecule has 0 saturated carbocycles. The summed E-state index contributed by atoms with van der Waals surface area (Å²) in [7, 11) is 1.54. The van der Waals surface area contributed by atoms with E-state index in [2.05, 4.69) is 0 Å². The Morgan fingerprint density at radius 1 is 1.54 bits per heavy atom. The summed E-state index contributed by atoms with van der Waals surface area (Å²) in [5.74, 6) is 0.652. The molecule has 0 amide bonds. The lowest BCUT2D eigenvalue weighted by Gasteiger charge is -2.02. The smallest absolute Gasteiger partial charge is 0.153 e. The van der Waals surface area contributed by atoms with Gasteiger partial charge in [0.1, 0.15) is 5.75 Å². The summed E-state index contributed by atoms with van der Waals surface area (Å²) >= 11 is 0. The van der Waals surface area contributed by atoms with Gasteiger partial charge in [-0.2, -0.15) is 0 Å². The second-order valence-electron chi connectivity index (χ2n) is 2.43. The summed E-state index contributed by atoms with van der Waals surface area (Å²) in [5, 5.41) is 8.71. The van der Waals surface area contributed by atoms with Crippen LogP contribution in [0.25, 0.3) is 5.57 Å². The molecular formula is C10H10O3. The molecule has 0 aromatic heterocycles. The molecule has 0 saturated heterocycles. The lowest BCUT2D eigenvalue weighted by atomic mass is 10.1. The number of ether oxygens (including phenoxy) is 1. The lowest BCUT2D eigenvalue weighted by Crippen LogP contribution is -1.88. The van der Waals surface area contributed by atoms with Crippen LogP contribution in [0.5, 0.6) is 5.75 Å². The minimum absolute atomic E-state index is 0.235. The molecule has 3 nitrogen and oxygen atoms in total. The van der Waals surface area contributed by atoms with Crippen LogP contribution in [-0.2, 0) is 4.79 Å². The molecule has 0 heterocycles. The number of hydrogen-bond acceptors (Lipinski definition) is 3. The predicted molar refractivity (Wildman–Crippen MR) is 49.7 cm³/mol. The van der Waals surface area contributed by atoms with Crippen LogP contribution in [-0.4, -0.2) is 18.5 Å². The van der Waals surface area contributed by atoms with Gasteiger partial charge in [0.2, 0.25) is 0 Å². The van der Waals surface area contributed by atoms with E-state index in [0.717, 1.165) is 6.26 Å². The molecule has 0 radical (unpaired) electrons. The quantitative estimate of drug-likeness (QED) is 0.436. The lowest BCUT2D eigenvalue weighted by molar-refractivity contribution is -0.103. The summed E-state index contributed by atoms with van der Waals surface area (Å²) in [4.78, 5) is 10.5. The predicted octanol–water partition coefficient (Wildman–Crippen LogP) is 1.79. The first kappa shape index (κ1) is 9.32. The third kappa shape index (κ3) is 2.08. The highest BCUT2D eigenvalue weighted by Gasteiger charge is 2.00. The number of benzene rings is 1. The summed E-state index contributed by atoms with van der Waals surface area (Å²) in [6.07, 6.45) is 1.37. The third-order valence-electron chi connectivity index (χ3n) is 1.67. The summed E-state index contributed by atoms with van der Waals surface area (Å²) < 4.78 is 4.97. The van der Waals surface area contributed by atoms with E-state index in [-0.39, 0.29) is 5.57 Å². The van der Waals surface area contributed by atoms with Gasteiger partial charge in [0.25, 0.3) is 0 Å². The minimum Gasteiger partial charge on any atom is -0.515 e. The summed E-state index contributed by atoms with van der Waals surface area (Å²) in [6.45, 7) is 0. The Balaban J connectivity index is 3.07. The van der Waals surface area contributed by atoms with Crippen LogP contribution in [0.2, 0.25) is 0 Å². The number of allylic oxidation sites excluding steroid dienone is 1. The van der Waals surface area contributed by atoms with Crippen LogP contribution in [0, 0.1) is 0 Å². The van der Waals surface area contributed by atoms with Crippen LogP contribution < -0.4 is 4.74 Å². The van der Waals surface area contributed by atoms with E-state index in [4.69, 9.17) is 9.84 Å². The van der Waals surface area contributed by atoms with Gasteiger partial charge in [-0.25, -0.2) is 0 Å².